The Morgan fingerprint density at radius 3 is 2.83 bits per heavy atom. The van der Waals surface area contributed by atoms with E-state index >= 15 is 0 Å². The van der Waals surface area contributed by atoms with E-state index in [1.54, 1.807) is 7.11 Å². The third-order valence-corrected chi connectivity index (χ3v) is 3.94. The molecular weight excluding hydrogens is 226 g/mol. The minimum absolute atomic E-state index is 0.208. The molecule has 1 aliphatic heterocycles. The maximum atomic E-state index is 10.3. The van der Waals surface area contributed by atoms with E-state index in [0.717, 1.165) is 17.9 Å². The van der Waals surface area contributed by atoms with Gasteiger partial charge < -0.3 is 9.84 Å². The molecule has 1 N–H and O–H groups in total. The lowest BCUT2D eigenvalue weighted by Gasteiger charge is -2.33. The first-order valence-corrected chi connectivity index (χ1v) is 6.60. The molecule has 3 heteroatoms. The molecule has 3 nitrogen and oxygen atoms in total. The summed E-state index contributed by atoms with van der Waals surface area (Å²) in [6.07, 6.45) is 1.98. The molecule has 0 aromatic heterocycles. The molecule has 0 bridgehead atoms. The molecule has 0 saturated carbocycles. The van der Waals surface area contributed by atoms with Crippen LogP contribution in [0.2, 0.25) is 0 Å². The summed E-state index contributed by atoms with van der Waals surface area (Å²) in [6, 6.07) is 7.69. The molecule has 1 aromatic carbocycles. The number of hydrogen-bond acceptors (Lipinski definition) is 3. The number of likely N-dealkylation sites (tertiary alicyclic amines) is 1. The van der Waals surface area contributed by atoms with Crippen molar-refractivity contribution in [1.29, 1.82) is 0 Å². The molecule has 0 spiro atoms. The fraction of sp³-hybridized carbons (Fsp3) is 0.600. The van der Waals surface area contributed by atoms with Crippen LogP contribution in [0, 0.1) is 0 Å². The summed E-state index contributed by atoms with van der Waals surface area (Å²) in [6.45, 7) is 6.27. The quantitative estimate of drug-likeness (QED) is 0.890. The van der Waals surface area contributed by atoms with Gasteiger partial charge in [-0.05, 0) is 50.9 Å². The standard InChI is InChI=1S/C15H23NO2/c1-15(2)8-5-9-16(15)11-14(17)12-6-4-7-13(10-12)18-3/h4,6-7,10,14,17H,5,8-9,11H2,1-3H3. The number of aliphatic hydroxyl groups is 1. The van der Waals surface area contributed by atoms with E-state index in [9.17, 15) is 5.11 Å². The molecule has 2 rings (SSSR count). The number of aliphatic hydroxyl groups excluding tert-OH is 1. The highest BCUT2D eigenvalue weighted by molar-refractivity contribution is 5.30. The van der Waals surface area contributed by atoms with Gasteiger partial charge in [0.2, 0.25) is 0 Å². The lowest BCUT2D eigenvalue weighted by atomic mass is 10.0. The number of rotatable bonds is 4. The molecular formula is C15H23NO2. The summed E-state index contributed by atoms with van der Waals surface area (Å²) in [4.78, 5) is 2.37. The molecule has 1 aliphatic rings. The second kappa shape index (κ2) is 5.29. The minimum Gasteiger partial charge on any atom is -0.497 e. The van der Waals surface area contributed by atoms with E-state index in [1.165, 1.54) is 12.8 Å². The largest absolute Gasteiger partial charge is 0.497 e. The Hall–Kier alpha value is -1.06. The normalized spacial score (nSPS) is 20.9. The predicted octanol–water partition coefficient (Wildman–Crippen LogP) is 2.60. The average molecular weight is 249 g/mol. The maximum absolute atomic E-state index is 10.3. The molecule has 1 unspecified atom stereocenters. The first-order chi connectivity index (χ1) is 8.53. The van der Waals surface area contributed by atoms with Crippen LogP contribution in [0.3, 0.4) is 0 Å². The van der Waals surface area contributed by atoms with E-state index in [2.05, 4.69) is 18.7 Å². The Balaban J connectivity index is 2.05. The van der Waals surface area contributed by atoms with Crippen LogP contribution in [-0.2, 0) is 0 Å². The van der Waals surface area contributed by atoms with Gasteiger partial charge in [-0.1, -0.05) is 12.1 Å². The predicted molar refractivity (Wildman–Crippen MR) is 72.8 cm³/mol. The zero-order chi connectivity index (χ0) is 13.2. The van der Waals surface area contributed by atoms with Gasteiger partial charge >= 0.3 is 0 Å². The van der Waals surface area contributed by atoms with E-state index < -0.39 is 6.10 Å². The molecule has 1 saturated heterocycles. The van der Waals surface area contributed by atoms with E-state index in [-0.39, 0.29) is 5.54 Å². The van der Waals surface area contributed by atoms with Crippen LogP contribution in [0.1, 0.15) is 38.4 Å². The van der Waals surface area contributed by atoms with Gasteiger partial charge in [0.15, 0.2) is 0 Å². The third kappa shape index (κ3) is 2.85. The van der Waals surface area contributed by atoms with Crippen molar-refractivity contribution in [3.63, 3.8) is 0 Å². The molecule has 1 atom stereocenters. The van der Waals surface area contributed by atoms with E-state index in [0.29, 0.717) is 6.54 Å². The Bertz CT molecular complexity index is 403. The van der Waals surface area contributed by atoms with Crippen LogP contribution in [0.4, 0.5) is 0 Å². The second-order valence-electron chi connectivity index (χ2n) is 5.65. The summed E-state index contributed by atoms with van der Waals surface area (Å²) in [5.41, 5.74) is 1.14. The summed E-state index contributed by atoms with van der Waals surface area (Å²) >= 11 is 0. The highest BCUT2D eigenvalue weighted by Crippen LogP contribution is 2.30. The van der Waals surface area contributed by atoms with Gasteiger partial charge in [-0.3, -0.25) is 4.90 Å². The van der Waals surface area contributed by atoms with Crippen LogP contribution < -0.4 is 4.74 Å². The van der Waals surface area contributed by atoms with Gasteiger partial charge in [0, 0.05) is 12.1 Å². The van der Waals surface area contributed by atoms with Crippen molar-refractivity contribution < 1.29 is 9.84 Å². The van der Waals surface area contributed by atoms with Gasteiger partial charge in [0.25, 0.3) is 0 Å². The zero-order valence-corrected chi connectivity index (χ0v) is 11.5. The fourth-order valence-electron chi connectivity index (χ4n) is 2.66. The topological polar surface area (TPSA) is 32.7 Å². The van der Waals surface area contributed by atoms with Gasteiger partial charge in [-0.15, -0.1) is 0 Å². The number of nitrogens with zero attached hydrogens (tertiary/aromatic N) is 1. The van der Waals surface area contributed by atoms with Crippen LogP contribution in [0.25, 0.3) is 0 Å². The van der Waals surface area contributed by atoms with Crippen LogP contribution >= 0.6 is 0 Å². The average Bonchev–Trinajstić information content (AvgIpc) is 2.69. The molecule has 0 aliphatic carbocycles. The number of methoxy groups -OCH3 is 1. The van der Waals surface area contributed by atoms with Crippen molar-refractivity contribution in [3.05, 3.63) is 29.8 Å². The minimum atomic E-state index is -0.447. The van der Waals surface area contributed by atoms with E-state index in [4.69, 9.17) is 4.74 Å². The molecule has 1 heterocycles. The summed E-state index contributed by atoms with van der Waals surface area (Å²) in [5, 5.41) is 10.3. The number of hydrogen-bond donors (Lipinski definition) is 1. The number of β-amino-alcohol motifs (C(OH)–C–C–N with tert-alkyl or cyclic N) is 1. The summed E-state index contributed by atoms with van der Waals surface area (Å²) in [5.74, 6) is 0.798. The SMILES string of the molecule is COc1cccc(C(O)CN2CCCC2(C)C)c1. The van der Waals surface area contributed by atoms with Crippen molar-refractivity contribution in [3.8, 4) is 5.75 Å². The van der Waals surface area contributed by atoms with Crippen molar-refractivity contribution in [2.45, 2.75) is 38.3 Å². The highest BCUT2D eigenvalue weighted by atomic mass is 16.5. The third-order valence-electron chi connectivity index (χ3n) is 3.94. The first-order valence-electron chi connectivity index (χ1n) is 6.60. The van der Waals surface area contributed by atoms with Crippen LogP contribution in [-0.4, -0.2) is 35.7 Å². The second-order valence-corrected chi connectivity index (χ2v) is 5.65. The lowest BCUT2D eigenvalue weighted by Crippen LogP contribution is -2.40. The highest BCUT2D eigenvalue weighted by Gasteiger charge is 2.33. The molecule has 18 heavy (non-hydrogen) atoms. The molecule has 1 fully saturated rings. The molecule has 0 radical (unpaired) electrons. The van der Waals surface area contributed by atoms with E-state index in [1.807, 2.05) is 24.3 Å². The van der Waals surface area contributed by atoms with Gasteiger partial charge in [-0.25, -0.2) is 0 Å². The summed E-state index contributed by atoms with van der Waals surface area (Å²) in [7, 11) is 1.65. The number of benzene rings is 1. The molecule has 1 aromatic rings. The van der Waals surface area contributed by atoms with Gasteiger partial charge in [0.05, 0.1) is 13.2 Å². The molecule has 0 amide bonds. The van der Waals surface area contributed by atoms with Crippen LogP contribution in [0.15, 0.2) is 24.3 Å². The smallest absolute Gasteiger partial charge is 0.119 e. The number of ether oxygens (including phenoxy) is 1. The van der Waals surface area contributed by atoms with Crippen molar-refractivity contribution in [2.24, 2.45) is 0 Å². The lowest BCUT2D eigenvalue weighted by molar-refractivity contribution is 0.0777. The Morgan fingerprint density at radius 2 is 2.22 bits per heavy atom. The maximum Gasteiger partial charge on any atom is 0.119 e. The Kier molecular flexibility index (Phi) is 3.93. The fourth-order valence-corrected chi connectivity index (χ4v) is 2.66. The van der Waals surface area contributed by atoms with Crippen molar-refractivity contribution >= 4 is 0 Å². The monoisotopic (exact) mass is 249 g/mol. The van der Waals surface area contributed by atoms with Gasteiger partial charge in [-0.2, -0.15) is 0 Å². The van der Waals surface area contributed by atoms with Crippen molar-refractivity contribution in [1.82, 2.24) is 4.90 Å². The molecule has 100 valence electrons. The first kappa shape index (κ1) is 13.4. The van der Waals surface area contributed by atoms with Crippen LogP contribution in [0.5, 0.6) is 5.75 Å². The Morgan fingerprint density at radius 1 is 1.44 bits per heavy atom. The summed E-state index contributed by atoms with van der Waals surface area (Å²) < 4.78 is 5.19. The van der Waals surface area contributed by atoms with Gasteiger partial charge in [0.1, 0.15) is 5.75 Å². The Labute approximate surface area is 109 Å². The van der Waals surface area contributed by atoms with Crippen molar-refractivity contribution in [2.75, 3.05) is 20.2 Å². The zero-order valence-electron chi connectivity index (χ0n) is 11.5.